The fourth-order valence-electron chi connectivity index (χ4n) is 2.53. The second-order valence-corrected chi connectivity index (χ2v) is 8.64. The van der Waals surface area contributed by atoms with Crippen LogP contribution in [0.3, 0.4) is 0 Å². The number of amides is 2. The lowest BCUT2D eigenvalue weighted by Crippen LogP contribution is -2.23. The van der Waals surface area contributed by atoms with E-state index in [2.05, 4.69) is 10.1 Å². The molecule has 0 saturated carbocycles. The molecule has 8 nitrogen and oxygen atoms in total. The van der Waals surface area contributed by atoms with Crippen molar-refractivity contribution in [2.75, 3.05) is 23.0 Å². The molecule has 0 fully saturated rings. The first-order valence-electron chi connectivity index (χ1n) is 9.10. The molecule has 172 valence electrons. The summed E-state index contributed by atoms with van der Waals surface area (Å²) in [5, 5.41) is 4.49. The summed E-state index contributed by atoms with van der Waals surface area (Å²) in [5.74, 6) is -2.95. The number of esters is 1. The van der Waals surface area contributed by atoms with E-state index >= 15 is 0 Å². The largest absolute Gasteiger partial charge is 0.456 e. The van der Waals surface area contributed by atoms with Gasteiger partial charge in [-0.05, 0) is 36.4 Å². The third kappa shape index (κ3) is 7.38. The van der Waals surface area contributed by atoms with Gasteiger partial charge in [0.1, 0.15) is 0 Å². The number of carbonyl (C=O) groups excluding carboxylic acids is 3. The molecule has 2 N–H and O–H groups in total. The topological polar surface area (TPSA) is 119 Å². The summed E-state index contributed by atoms with van der Waals surface area (Å²) in [5.41, 5.74) is -1.16. The van der Waals surface area contributed by atoms with Gasteiger partial charge < -0.3 is 15.4 Å². The van der Waals surface area contributed by atoms with Gasteiger partial charge in [-0.1, -0.05) is 12.1 Å². The molecule has 0 aromatic heterocycles. The fourth-order valence-corrected chi connectivity index (χ4v) is 3.75. The van der Waals surface area contributed by atoms with Gasteiger partial charge in [0.2, 0.25) is 5.91 Å². The molecule has 12 heteroatoms. The normalized spacial score (nSPS) is 11.5. The molecule has 2 amide bonds. The van der Waals surface area contributed by atoms with Gasteiger partial charge in [-0.3, -0.25) is 14.4 Å². The molecule has 0 atom stereocenters. The number of carbonyl (C=O) groups is 3. The van der Waals surface area contributed by atoms with E-state index in [0.29, 0.717) is 5.69 Å². The molecule has 2 aromatic rings. The number of alkyl halides is 3. The van der Waals surface area contributed by atoms with Crippen LogP contribution in [0.1, 0.15) is 18.9 Å². The maximum Gasteiger partial charge on any atom is 0.418 e. The van der Waals surface area contributed by atoms with E-state index in [1.165, 1.54) is 37.3 Å². The molecular formula is C20H19F3N2O6S. The molecule has 0 bridgehead atoms. The summed E-state index contributed by atoms with van der Waals surface area (Å²) in [6, 6.07) is 9.58. The van der Waals surface area contributed by atoms with Crippen LogP contribution in [0, 0.1) is 0 Å². The molecular weight excluding hydrogens is 453 g/mol. The zero-order chi connectivity index (χ0) is 23.9. The highest BCUT2D eigenvalue weighted by Crippen LogP contribution is 2.34. The first kappa shape index (κ1) is 24.9. The third-order valence-electron chi connectivity index (χ3n) is 3.98. The number of rotatable bonds is 8. The van der Waals surface area contributed by atoms with E-state index in [1.54, 1.807) is 0 Å². The van der Waals surface area contributed by atoms with Crippen molar-refractivity contribution in [1.82, 2.24) is 0 Å². The highest BCUT2D eigenvalue weighted by molar-refractivity contribution is 7.91. The summed E-state index contributed by atoms with van der Waals surface area (Å²) >= 11 is 0. The molecule has 0 aliphatic rings. The molecule has 2 rings (SSSR count). The number of sulfone groups is 1. The average molecular weight is 472 g/mol. The zero-order valence-electron chi connectivity index (χ0n) is 16.7. The minimum atomic E-state index is -4.69. The lowest BCUT2D eigenvalue weighted by molar-refractivity contribution is -0.147. The van der Waals surface area contributed by atoms with Crippen LogP contribution in [0.25, 0.3) is 0 Å². The number of hydrogen-bond acceptors (Lipinski definition) is 6. The summed E-state index contributed by atoms with van der Waals surface area (Å²) in [7, 11) is -3.85. The smallest absolute Gasteiger partial charge is 0.418 e. The van der Waals surface area contributed by atoms with Crippen LogP contribution in [-0.2, 0) is 35.1 Å². The molecule has 2 aromatic carbocycles. The van der Waals surface area contributed by atoms with E-state index in [-0.39, 0.29) is 10.8 Å². The number of para-hydroxylation sites is 1. The van der Waals surface area contributed by atoms with Gasteiger partial charge in [-0.25, -0.2) is 8.42 Å². The van der Waals surface area contributed by atoms with Gasteiger partial charge in [0.05, 0.1) is 28.3 Å². The fraction of sp³-hybridized carbons (Fsp3) is 0.250. The molecule has 0 aliphatic carbocycles. The lowest BCUT2D eigenvalue weighted by atomic mass is 10.1. The Hall–Kier alpha value is -3.41. The van der Waals surface area contributed by atoms with E-state index in [9.17, 15) is 36.0 Å². The maximum atomic E-state index is 12.9. The van der Waals surface area contributed by atoms with Gasteiger partial charge in [-0.15, -0.1) is 0 Å². The average Bonchev–Trinajstić information content (AvgIpc) is 2.70. The Morgan fingerprint density at radius 3 is 2.19 bits per heavy atom. The van der Waals surface area contributed by atoms with Gasteiger partial charge >= 0.3 is 12.1 Å². The van der Waals surface area contributed by atoms with E-state index < -0.39 is 57.9 Å². The third-order valence-corrected chi connectivity index (χ3v) is 5.71. The minimum absolute atomic E-state index is 0.0825. The highest BCUT2D eigenvalue weighted by Gasteiger charge is 2.33. The molecule has 32 heavy (non-hydrogen) atoms. The predicted molar refractivity (Wildman–Crippen MR) is 108 cm³/mol. The van der Waals surface area contributed by atoms with E-state index in [1.807, 2.05) is 5.32 Å². The first-order chi connectivity index (χ1) is 14.9. The van der Waals surface area contributed by atoms with Crippen LogP contribution in [0.5, 0.6) is 0 Å². The summed E-state index contributed by atoms with van der Waals surface area (Å²) in [6.45, 7) is 0.419. The predicted octanol–water partition coefficient (Wildman–Crippen LogP) is 3.01. The lowest BCUT2D eigenvalue weighted by Gasteiger charge is -2.13. The summed E-state index contributed by atoms with van der Waals surface area (Å²) in [4.78, 5) is 34.5. The minimum Gasteiger partial charge on any atom is -0.456 e. The second kappa shape index (κ2) is 10.3. The van der Waals surface area contributed by atoms with Crippen molar-refractivity contribution in [3.05, 3.63) is 54.1 Å². The second-order valence-electron chi connectivity index (χ2n) is 6.53. The van der Waals surface area contributed by atoms with Crippen molar-refractivity contribution in [2.45, 2.75) is 24.4 Å². The number of nitrogens with one attached hydrogen (secondary N) is 2. The highest BCUT2D eigenvalue weighted by atomic mass is 32.2. The van der Waals surface area contributed by atoms with Crippen LogP contribution in [0.2, 0.25) is 0 Å². The quantitative estimate of drug-likeness (QED) is 0.570. The number of hydrogen-bond donors (Lipinski definition) is 2. The Kier molecular flexibility index (Phi) is 7.97. The first-order valence-corrected chi connectivity index (χ1v) is 10.8. The Balaban J connectivity index is 1.87. The van der Waals surface area contributed by atoms with Gasteiger partial charge in [-0.2, -0.15) is 13.2 Å². The SMILES string of the molecule is CC(=O)Nc1ccc(S(=O)(=O)CCC(=O)OCC(=O)Nc2ccccc2C(F)(F)F)cc1. The standard InChI is InChI=1S/C20H19F3N2O6S/c1-13(26)24-14-6-8-15(9-7-14)32(29,30)11-10-19(28)31-12-18(27)25-17-5-3-2-4-16(17)20(21,22)23/h2-9H,10-12H2,1H3,(H,24,26)(H,25,27). The Labute approximate surface area is 181 Å². The number of benzene rings is 2. The van der Waals surface area contributed by atoms with Crippen LogP contribution >= 0.6 is 0 Å². The summed E-state index contributed by atoms with van der Waals surface area (Å²) in [6.07, 6.45) is -5.25. The number of ether oxygens (including phenoxy) is 1. The van der Waals surface area contributed by atoms with Crippen molar-refractivity contribution in [1.29, 1.82) is 0 Å². The van der Waals surface area contributed by atoms with Crippen LogP contribution in [0.15, 0.2) is 53.4 Å². The van der Waals surface area contributed by atoms with Crippen LogP contribution in [-0.4, -0.2) is 38.6 Å². The van der Waals surface area contributed by atoms with Gasteiger partial charge in [0, 0.05) is 12.6 Å². The Bertz CT molecular complexity index is 1100. The Morgan fingerprint density at radius 1 is 0.969 bits per heavy atom. The van der Waals surface area contributed by atoms with Crippen molar-refractivity contribution < 1.29 is 40.7 Å². The number of halogens is 3. The Morgan fingerprint density at radius 2 is 1.59 bits per heavy atom. The van der Waals surface area contributed by atoms with Crippen molar-refractivity contribution in [3.63, 3.8) is 0 Å². The van der Waals surface area contributed by atoms with Crippen molar-refractivity contribution in [3.8, 4) is 0 Å². The van der Waals surface area contributed by atoms with Crippen LogP contribution < -0.4 is 10.6 Å². The van der Waals surface area contributed by atoms with E-state index in [4.69, 9.17) is 0 Å². The molecule has 0 spiro atoms. The molecule has 0 unspecified atom stereocenters. The van der Waals surface area contributed by atoms with Crippen molar-refractivity contribution in [2.24, 2.45) is 0 Å². The molecule has 0 aliphatic heterocycles. The monoisotopic (exact) mass is 472 g/mol. The van der Waals surface area contributed by atoms with Crippen molar-refractivity contribution >= 4 is 39.0 Å². The van der Waals surface area contributed by atoms with Crippen LogP contribution in [0.4, 0.5) is 24.5 Å². The van der Waals surface area contributed by atoms with E-state index in [0.717, 1.165) is 18.2 Å². The maximum absolute atomic E-state index is 12.9. The van der Waals surface area contributed by atoms with Gasteiger partial charge in [0.15, 0.2) is 16.4 Å². The molecule has 0 saturated heterocycles. The zero-order valence-corrected chi connectivity index (χ0v) is 17.5. The number of anilines is 2. The molecule has 0 heterocycles. The summed E-state index contributed by atoms with van der Waals surface area (Å²) < 4.78 is 68.0. The molecule has 0 radical (unpaired) electrons. The van der Waals surface area contributed by atoms with Gasteiger partial charge in [0.25, 0.3) is 5.91 Å².